The highest BCUT2D eigenvalue weighted by Gasteiger charge is 2.28. The van der Waals surface area contributed by atoms with E-state index in [1.807, 2.05) is 0 Å². The van der Waals surface area contributed by atoms with E-state index in [2.05, 4.69) is 30.6 Å². The Morgan fingerprint density at radius 2 is 2.06 bits per heavy atom. The first-order valence-corrected chi connectivity index (χ1v) is 7.40. The average Bonchev–Trinajstić information content (AvgIpc) is 2.34. The van der Waals surface area contributed by atoms with Crippen molar-refractivity contribution in [3.63, 3.8) is 0 Å². The number of nitrogens with zero attached hydrogens (tertiary/aromatic N) is 2. The lowest BCUT2D eigenvalue weighted by Gasteiger charge is -2.40. The molecule has 2 rings (SSSR count). The van der Waals surface area contributed by atoms with Crippen molar-refractivity contribution in [2.24, 2.45) is 11.7 Å². The summed E-state index contributed by atoms with van der Waals surface area (Å²) < 4.78 is 5.91. The molecule has 4 nitrogen and oxygen atoms in total. The molecule has 0 saturated carbocycles. The highest BCUT2D eigenvalue weighted by atomic mass is 16.5. The van der Waals surface area contributed by atoms with E-state index in [0.29, 0.717) is 24.1 Å². The maximum atomic E-state index is 6.07. The van der Waals surface area contributed by atoms with Gasteiger partial charge in [0.15, 0.2) is 0 Å². The van der Waals surface area contributed by atoms with Gasteiger partial charge in [0, 0.05) is 38.3 Å². The van der Waals surface area contributed by atoms with Gasteiger partial charge in [0.1, 0.15) is 0 Å². The van der Waals surface area contributed by atoms with Crippen LogP contribution in [0.4, 0.5) is 0 Å². The van der Waals surface area contributed by atoms with Crippen LogP contribution in [0.5, 0.6) is 0 Å². The van der Waals surface area contributed by atoms with E-state index in [-0.39, 0.29) is 0 Å². The molecule has 0 spiro atoms. The van der Waals surface area contributed by atoms with Gasteiger partial charge in [0.2, 0.25) is 0 Å². The Morgan fingerprint density at radius 3 is 2.72 bits per heavy atom. The van der Waals surface area contributed by atoms with Gasteiger partial charge in [-0.2, -0.15) is 0 Å². The van der Waals surface area contributed by atoms with Crippen LogP contribution in [0.15, 0.2) is 0 Å². The number of hydrogen-bond acceptors (Lipinski definition) is 4. The zero-order chi connectivity index (χ0) is 13.1. The van der Waals surface area contributed by atoms with E-state index in [4.69, 9.17) is 10.5 Å². The summed E-state index contributed by atoms with van der Waals surface area (Å²) >= 11 is 0. The summed E-state index contributed by atoms with van der Waals surface area (Å²) in [6.45, 7) is 13.2. The van der Waals surface area contributed by atoms with Crippen LogP contribution >= 0.6 is 0 Å². The molecule has 2 heterocycles. The molecule has 2 saturated heterocycles. The summed E-state index contributed by atoms with van der Waals surface area (Å²) in [7, 11) is 0. The Morgan fingerprint density at radius 1 is 1.28 bits per heavy atom. The molecule has 3 atom stereocenters. The molecule has 0 aromatic rings. The van der Waals surface area contributed by atoms with Crippen molar-refractivity contribution in [3.05, 3.63) is 0 Å². The average molecular weight is 255 g/mol. The molecule has 0 aromatic heterocycles. The Kier molecular flexibility index (Phi) is 5.01. The molecule has 4 heteroatoms. The van der Waals surface area contributed by atoms with Crippen LogP contribution < -0.4 is 5.73 Å². The van der Waals surface area contributed by atoms with Gasteiger partial charge in [-0.25, -0.2) is 0 Å². The van der Waals surface area contributed by atoms with E-state index in [1.165, 1.54) is 0 Å². The number of ether oxygens (including phenoxy) is 1. The highest BCUT2D eigenvalue weighted by Crippen LogP contribution is 2.17. The molecular formula is C14H29N3O. The summed E-state index contributed by atoms with van der Waals surface area (Å²) in [4.78, 5) is 5.05. The van der Waals surface area contributed by atoms with Gasteiger partial charge < -0.3 is 15.4 Å². The second-order valence-corrected chi connectivity index (χ2v) is 6.27. The summed E-state index contributed by atoms with van der Waals surface area (Å²) in [5.41, 5.74) is 6.07. The topological polar surface area (TPSA) is 41.7 Å². The minimum atomic E-state index is 0.377. The van der Waals surface area contributed by atoms with Gasteiger partial charge in [0.25, 0.3) is 0 Å². The minimum Gasteiger partial charge on any atom is -0.374 e. The monoisotopic (exact) mass is 255 g/mol. The first-order chi connectivity index (χ1) is 8.56. The van der Waals surface area contributed by atoms with Gasteiger partial charge in [0.05, 0.1) is 12.7 Å². The summed E-state index contributed by atoms with van der Waals surface area (Å²) in [5, 5.41) is 0. The largest absolute Gasteiger partial charge is 0.374 e. The maximum Gasteiger partial charge on any atom is 0.0829 e. The lowest BCUT2D eigenvalue weighted by atomic mass is 9.94. The van der Waals surface area contributed by atoms with E-state index < -0.39 is 0 Å². The van der Waals surface area contributed by atoms with Crippen LogP contribution in [0.3, 0.4) is 0 Å². The van der Waals surface area contributed by atoms with Crippen molar-refractivity contribution in [3.8, 4) is 0 Å². The molecule has 0 amide bonds. The maximum absolute atomic E-state index is 6.07. The SMILES string of the molecule is CC1CN(CC2CN(C(C)C)CCO2)CCC1N. The normalized spacial score (nSPS) is 36.2. The molecule has 2 aliphatic rings. The number of likely N-dealkylation sites (tertiary alicyclic amines) is 1. The number of rotatable bonds is 3. The summed E-state index contributed by atoms with van der Waals surface area (Å²) in [5.74, 6) is 0.614. The van der Waals surface area contributed by atoms with Crippen LogP contribution in [-0.4, -0.2) is 67.3 Å². The molecule has 2 aliphatic heterocycles. The predicted octanol–water partition coefficient (Wildman–Crippen LogP) is 0.765. The molecular weight excluding hydrogens is 226 g/mol. The Balaban J connectivity index is 1.79. The quantitative estimate of drug-likeness (QED) is 0.808. The van der Waals surface area contributed by atoms with E-state index in [9.17, 15) is 0 Å². The standard InChI is InChI=1S/C14H29N3O/c1-11(2)17-6-7-18-13(10-17)9-16-5-4-14(15)12(3)8-16/h11-14H,4-10,15H2,1-3H3. The predicted molar refractivity (Wildman–Crippen MR) is 74.6 cm³/mol. The number of nitrogens with two attached hydrogens (primary N) is 1. The fraction of sp³-hybridized carbons (Fsp3) is 1.00. The number of piperidine rings is 1. The molecule has 106 valence electrons. The lowest BCUT2D eigenvalue weighted by molar-refractivity contribution is -0.0563. The van der Waals surface area contributed by atoms with Crippen molar-refractivity contribution in [2.45, 2.75) is 45.4 Å². The van der Waals surface area contributed by atoms with Crippen molar-refractivity contribution >= 4 is 0 Å². The lowest BCUT2D eigenvalue weighted by Crippen LogP contribution is -2.53. The van der Waals surface area contributed by atoms with Crippen molar-refractivity contribution < 1.29 is 4.74 Å². The zero-order valence-electron chi connectivity index (χ0n) is 12.1. The van der Waals surface area contributed by atoms with Crippen LogP contribution in [0.1, 0.15) is 27.2 Å². The number of morpholine rings is 1. The van der Waals surface area contributed by atoms with E-state index >= 15 is 0 Å². The van der Waals surface area contributed by atoms with Crippen molar-refractivity contribution in [1.29, 1.82) is 0 Å². The van der Waals surface area contributed by atoms with Crippen molar-refractivity contribution in [2.75, 3.05) is 39.3 Å². The fourth-order valence-corrected chi connectivity index (χ4v) is 3.03. The van der Waals surface area contributed by atoms with Crippen LogP contribution in [0.25, 0.3) is 0 Å². The Labute approximate surface area is 111 Å². The third kappa shape index (κ3) is 3.67. The molecule has 0 aliphatic carbocycles. The summed E-state index contributed by atoms with van der Waals surface area (Å²) in [6, 6.07) is 1.02. The second-order valence-electron chi connectivity index (χ2n) is 6.27. The van der Waals surface area contributed by atoms with Crippen LogP contribution in [-0.2, 0) is 4.74 Å². The van der Waals surface area contributed by atoms with E-state index in [0.717, 1.165) is 45.8 Å². The van der Waals surface area contributed by atoms with E-state index in [1.54, 1.807) is 0 Å². The molecule has 3 unspecified atom stereocenters. The molecule has 2 fully saturated rings. The van der Waals surface area contributed by atoms with Gasteiger partial charge in [-0.1, -0.05) is 6.92 Å². The van der Waals surface area contributed by atoms with Crippen molar-refractivity contribution in [1.82, 2.24) is 9.80 Å². The first kappa shape index (κ1) is 14.3. The molecule has 0 radical (unpaired) electrons. The van der Waals surface area contributed by atoms with Gasteiger partial charge in [-0.05, 0) is 32.7 Å². The Bertz CT molecular complexity index is 259. The zero-order valence-corrected chi connectivity index (χ0v) is 12.1. The molecule has 0 bridgehead atoms. The smallest absolute Gasteiger partial charge is 0.0829 e. The number of hydrogen-bond donors (Lipinski definition) is 1. The third-order valence-corrected chi connectivity index (χ3v) is 4.42. The first-order valence-electron chi connectivity index (χ1n) is 7.40. The van der Waals surface area contributed by atoms with Crippen LogP contribution in [0, 0.1) is 5.92 Å². The molecule has 2 N–H and O–H groups in total. The van der Waals surface area contributed by atoms with Crippen LogP contribution in [0.2, 0.25) is 0 Å². The molecule has 18 heavy (non-hydrogen) atoms. The van der Waals surface area contributed by atoms with Gasteiger partial charge in [-0.3, -0.25) is 4.90 Å². The Hall–Kier alpha value is -0.160. The second kappa shape index (κ2) is 6.33. The van der Waals surface area contributed by atoms with Gasteiger partial charge in [-0.15, -0.1) is 0 Å². The highest BCUT2D eigenvalue weighted by molar-refractivity contribution is 4.83. The fourth-order valence-electron chi connectivity index (χ4n) is 3.03. The van der Waals surface area contributed by atoms with Gasteiger partial charge >= 0.3 is 0 Å². The molecule has 0 aromatic carbocycles. The summed E-state index contributed by atoms with van der Waals surface area (Å²) in [6.07, 6.45) is 1.50. The third-order valence-electron chi connectivity index (χ3n) is 4.42. The minimum absolute atomic E-state index is 0.377.